The van der Waals surface area contributed by atoms with Gasteiger partial charge in [0.2, 0.25) is 5.95 Å². The van der Waals surface area contributed by atoms with E-state index in [1.807, 2.05) is 6.07 Å². The number of nitrogens with one attached hydrogen (secondary N) is 3. The number of hydrogen-bond donors (Lipinski definition) is 4. The van der Waals surface area contributed by atoms with Crippen LogP contribution in [0.25, 0.3) is 0 Å². The fourth-order valence-electron chi connectivity index (χ4n) is 2.24. The van der Waals surface area contributed by atoms with Gasteiger partial charge in [0, 0.05) is 34.2 Å². The Bertz CT molecular complexity index is 710. The number of nitrogens with zero attached hydrogens (tertiary/aromatic N) is 2. The second-order valence-electron chi connectivity index (χ2n) is 7.01. The fourth-order valence-corrected chi connectivity index (χ4v) is 2.77. The van der Waals surface area contributed by atoms with Crippen molar-refractivity contribution >= 4 is 40.7 Å². The van der Waals surface area contributed by atoms with Gasteiger partial charge in [-0.3, -0.25) is 0 Å². The first-order chi connectivity index (χ1) is 12.3. The van der Waals surface area contributed by atoms with Crippen LogP contribution in [0.4, 0.5) is 17.5 Å². The van der Waals surface area contributed by atoms with Crippen molar-refractivity contribution in [3.63, 3.8) is 0 Å². The minimum atomic E-state index is 0.120. The lowest BCUT2D eigenvalue weighted by Crippen LogP contribution is -2.36. The molecule has 1 heterocycles. The summed E-state index contributed by atoms with van der Waals surface area (Å²) in [5.41, 5.74) is 7.35. The highest BCUT2D eigenvalue weighted by Gasteiger charge is 2.09. The van der Waals surface area contributed by atoms with Crippen LogP contribution >= 0.6 is 23.2 Å². The molecule has 1 aromatic heterocycles. The molecule has 26 heavy (non-hydrogen) atoms. The highest BCUT2D eigenvalue weighted by atomic mass is 35.5. The van der Waals surface area contributed by atoms with Gasteiger partial charge in [-0.2, -0.15) is 4.98 Å². The van der Waals surface area contributed by atoms with Gasteiger partial charge >= 0.3 is 0 Å². The van der Waals surface area contributed by atoms with Crippen LogP contribution in [0.3, 0.4) is 0 Å². The van der Waals surface area contributed by atoms with Crippen LogP contribution in [0.1, 0.15) is 32.8 Å². The molecule has 6 nitrogen and oxygen atoms in total. The van der Waals surface area contributed by atoms with E-state index in [2.05, 4.69) is 46.7 Å². The molecule has 2 rings (SSSR count). The van der Waals surface area contributed by atoms with Crippen molar-refractivity contribution in [1.29, 1.82) is 0 Å². The Morgan fingerprint density at radius 3 is 2.42 bits per heavy atom. The second kappa shape index (κ2) is 9.26. The lowest BCUT2D eigenvalue weighted by molar-refractivity contribution is 0.425. The summed E-state index contributed by atoms with van der Waals surface area (Å²) in [6.45, 7) is 8.55. The minimum absolute atomic E-state index is 0.120. The zero-order valence-electron chi connectivity index (χ0n) is 15.4. The van der Waals surface area contributed by atoms with Crippen LogP contribution < -0.4 is 21.7 Å². The van der Waals surface area contributed by atoms with Gasteiger partial charge in [-0.1, -0.05) is 29.3 Å². The number of hydrogen-bond acceptors (Lipinski definition) is 6. The van der Waals surface area contributed by atoms with Crippen LogP contribution in [-0.2, 0) is 6.54 Å². The SMILES string of the molecule is CC(C)(C)NCCCNc1ncc(N)c(NCc2c(Cl)cccc2Cl)n1. The van der Waals surface area contributed by atoms with E-state index in [1.54, 1.807) is 18.3 Å². The zero-order valence-corrected chi connectivity index (χ0v) is 16.9. The van der Waals surface area contributed by atoms with E-state index in [-0.39, 0.29) is 5.54 Å². The van der Waals surface area contributed by atoms with Crippen LogP contribution in [0.5, 0.6) is 0 Å². The van der Waals surface area contributed by atoms with Gasteiger partial charge in [0.05, 0.1) is 11.9 Å². The van der Waals surface area contributed by atoms with E-state index >= 15 is 0 Å². The molecule has 0 saturated carbocycles. The van der Waals surface area contributed by atoms with Gasteiger partial charge in [-0.05, 0) is 45.9 Å². The van der Waals surface area contributed by atoms with Crippen molar-refractivity contribution in [3.05, 3.63) is 40.0 Å². The van der Waals surface area contributed by atoms with Crippen LogP contribution in [0, 0.1) is 0 Å². The smallest absolute Gasteiger partial charge is 0.224 e. The lowest BCUT2D eigenvalue weighted by Gasteiger charge is -2.20. The third-order valence-corrected chi connectivity index (χ3v) is 4.31. The van der Waals surface area contributed by atoms with Gasteiger partial charge in [0.15, 0.2) is 5.82 Å². The van der Waals surface area contributed by atoms with Crippen LogP contribution in [0.2, 0.25) is 10.0 Å². The number of anilines is 3. The molecule has 0 fully saturated rings. The third-order valence-electron chi connectivity index (χ3n) is 3.60. The first-order valence-electron chi connectivity index (χ1n) is 8.54. The summed E-state index contributed by atoms with van der Waals surface area (Å²) < 4.78 is 0. The average Bonchev–Trinajstić information content (AvgIpc) is 2.55. The summed E-state index contributed by atoms with van der Waals surface area (Å²) in [6.07, 6.45) is 2.54. The molecule has 142 valence electrons. The fraction of sp³-hybridized carbons (Fsp3) is 0.444. The van der Waals surface area contributed by atoms with Crippen molar-refractivity contribution in [1.82, 2.24) is 15.3 Å². The van der Waals surface area contributed by atoms with Gasteiger partial charge in [-0.15, -0.1) is 0 Å². The zero-order chi connectivity index (χ0) is 19.2. The monoisotopic (exact) mass is 396 g/mol. The summed E-state index contributed by atoms with van der Waals surface area (Å²) >= 11 is 12.4. The maximum absolute atomic E-state index is 6.19. The Kier molecular flexibility index (Phi) is 7.32. The topological polar surface area (TPSA) is 87.9 Å². The van der Waals surface area contributed by atoms with Crippen molar-refractivity contribution in [2.45, 2.75) is 39.3 Å². The van der Waals surface area contributed by atoms with Gasteiger partial charge in [0.25, 0.3) is 0 Å². The molecule has 0 spiro atoms. The summed E-state index contributed by atoms with van der Waals surface area (Å²) in [6, 6.07) is 5.41. The molecule has 0 aliphatic heterocycles. The maximum Gasteiger partial charge on any atom is 0.224 e. The van der Waals surface area contributed by atoms with Crippen LogP contribution in [-0.4, -0.2) is 28.6 Å². The average molecular weight is 397 g/mol. The lowest BCUT2D eigenvalue weighted by atomic mass is 10.1. The number of rotatable bonds is 8. The Balaban J connectivity index is 1.90. The quantitative estimate of drug-likeness (QED) is 0.500. The number of aromatic nitrogens is 2. The van der Waals surface area contributed by atoms with Crippen LogP contribution in [0.15, 0.2) is 24.4 Å². The summed E-state index contributed by atoms with van der Waals surface area (Å²) in [7, 11) is 0. The number of nitrogen functional groups attached to an aromatic ring is 1. The number of benzene rings is 1. The Hall–Kier alpha value is -1.76. The first kappa shape index (κ1) is 20.6. The number of halogens is 2. The molecule has 0 atom stereocenters. The predicted octanol–water partition coefficient (Wildman–Crippen LogP) is 4.17. The molecule has 0 radical (unpaired) electrons. The molecular formula is C18H26Cl2N6. The molecular weight excluding hydrogens is 371 g/mol. The highest BCUT2D eigenvalue weighted by molar-refractivity contribution is 6.36. The molecule has 0 unspecified atom stereocenters. The molecule has 0 aliphatic rings. The third kappa shape index (κ3) is 6.52. The van der Waals surface area contributed by atoms with Gasteiger partial charge < -0.3 is 21.7 Å². The molecule has 0 aliphatic carbocycles. The largest absolute Gasteiger partial charge is 0.394 e. The second-order valence-corrected chi connectivity index (χ2v) is 7.82. The van der Waals surface area contributed by atoms with E-state index in [9.17, 15) is 0 Å². The van der Waals surface area contributed by atoms with E-state index in [4.69, 9.17) is 28.9 Å². The summed E-state index contributed by atoms with van der Waals surface area (Å²) in [5.74, 6) is 1.08. The van der Waals surface area contributed by atoms with E-state index in [0.29, 0.717) is 34.0 Å². The molecule has 2 aromatic rings. The molecule has 0 bridgehead atoms. The number of nitrogens with two attached hydrogens (primary N) is 1. The van der Waals surface area contributed by atoms with E-state index in [0.717, 1.165) is 25.1 Å². The molecule has 8 heteroatoms. The summed E-state index contributed by atoms with van der Waals surface area (Å²) in [4.78, 5) is 8.64. The van der Waals surface area contributed by atoms with E-state index < -0.39 is 0 Å². The predicted molar refractivity (Wildman–Crippen MR) is 111 cm³/mol. The Morgan fingerprint density at radius 1 is 1.08 bits per heavy atom. The maximum atomic E-state index is 6.19. The van der Waals surface area contributed by atoms with Crippen molar-refractivity contribution in [2.75, 3.05) is 29.5 Å². The van der Waals surface area contributed by atoms with E-state index in [1.165, 1.54) is 0 Å². The normalized spacial score (nSPS) is 11.4. The first-order valence-corrected chi connectivity index (χ1v) is 9.30. The minimum Gasteiger partial charge on any atom is -0.394 e. The standard InChI is InChI=1S/C18H26Cl2N6/c1-18(2,3)25-9-5-8-22-17-24-11-15(21)16(26-17)23-10-12-13(19)6-4-7-14(12)20/h4,6-7,11,25H,5,8-10,21H2,1-3H3,(H2,22,23,24,26). The Labute approximate surface area is 164 Å². The van der Waals surface area contributed by atoms with Gasteiger partial charge in [0.1, 0.15) is 0 Å². The molecule has 5 N–H and O–H groups in total. The molecule has 0 saturated heterocycles. The van der Waals surface area contributed by atoms with Crippen molar-refractivity contribution in [3.8, 4) is 0 Å². The summed E-state index contributed by atoms with van der Waals surface area (Å²) in [5, 5.41) is 11.0. The highest BCUT2D eigenvalue weighted by Crippen LogP contribution is 2.26. The Morgan fingerprint density at radius 2 is 1.77 bits per heavy atom. The molecule has 1 aromatic carbocycles. The van der Waals surface area contributed by atoms with Gasteiger partial charge in [-0.25, -0.2) is 4.98 Å². The molecule has 0 amide bonds. The van der Waals surface area contributed by atoms with Crippen molar-refractivity contribution in [2.24, 2.45) is 0 Å². The van der Waals surface area contributed by atoms with Crippen molar-refractivity contribution < 1.29 is 0 Å².